The van der Waals surface area contributed by atoms with E-state index in [2.05, 4.69) is 26.7 Å². The summed E-state index contributed by atoms with van der Waals surface area (Å²) < 4.78 is 2.12. The molecule has 0 unspecified atom stereocenters. The van der Waals surface area contributed by atoms with Crippen LogP contribution in [-0.2, 0) is 0 Å². The van der Waals surface area contributed by atoms with E-state index in [-0.39, 0.29) is 0 Å². The van der Waals surface area contributed by atoms with Gasteiger partial charge in [-0.2, -0.15) is 0 Å². The van der Waals surface area contributed by atoms with Gasteiger partial charge in [0.15, 0.2) is 0 Å². The highest BCUT2D eigenvalue weighted by atomic mass is 15.1. The van der Waals surface area contributed by atoms with Crippen LogP contribution in [0, 0.1) is 0 Å². The maximum absolute atomic E-state index is 5.87. The van der Waals surface area contributed by atoms with E-state index in [4.69, 9.17) is 16.5 Å². The van der Waals surface area contributed by atoms with Gasteiger partial charge in [0.1, 0.15) is 11.6 Å². The lowest BCUT2D eigenvalue weighted by atomic mass is 10.2. The second-order valence-electron chi connectivity index (χ2n) is 7.03. The van der Waals surface area contributed by atoms with Gasteiger partial charge in [-0.25, -0.2) is 9.97 Å². The van der Waals surface area contributed by atoms with Gasteiger partial charge in [0.2, 0.25) is 0 Å². The van der Waals surface area contributed by atoms with Gasteiger partial charge in [0.25, 0.3) is 0 Å². The lowest BCUT2D eigenvalue weighted by Gasteiger charge is -2.12. The number of imidazole rings is 2. The fourth-order valence-corrected chi connectivity index (χ4v) is 3.46. The first kappa shape index (κ1) is 17.8. The molecule has 5 rings (SSSR count). The van der Waals surface area contributed by atoms with Crippen molar-refractivity contribution < 1.29 is 0 Å². The van der Waals surface area contributed by atoms with E-state index in [1.165, 1.54) is 0 Å². The highest BCUT2D eigenvalue weighted by Crippen LogP contribution is 2.31. The summed E-state index contributed by atoms with van der Waals surface area (Å²) >= 11 is 0. The molecule has 5 aromatic rings. The van der Waals surface area contributed by atoms with Crippen LogP contribution in [0.15, 0.2) is 91.3 Å². The Morgan fingerprint density at radius 1 is 0.667 bits per heavy atom. The molecular weight excluding hydrogens is 372 g/mol. The van der Waals surface area contributed by atoms with Crippen molar-refractivity contribution >= 4 is 11.4 Å². The molecule has 2 heterocycles. The Morgan fingerprint density at radius 3 is 1.97 bits per heavy atom. The summed E-state index contributed by atoms with van der Waals surface area (Å²) in [6.45, 7) is 0. The fraction of sp³-hybridized carbons (Fsp3) is 0. The number of aromatic amines is 1. The Balaban J connectivity index is 1.64. The fourth-order valence-electron chi connectivity index (χ4n) is 3.46. The van der Waals surface area contributed by atoms with Gasteiger partial charge in [0.05, 0.1) is 23.8 Å². The summed E-state index contributed by atoms with van der Waals surface area (Å²) in [6.07, 6.45) is 3.69. The van der Waals surface area contributed by atoms with Crippen molar-refractivity contribution in [1.82, 2.24) is 19.5 Å². The first-order valence-electron chi connectivity index (χ1n) is 9.59. The third kappa shape index (κ3) is 3.20. The zero-order chi connectivity index (χ0) is 20.5. The molecule has 30 heavy (non-hydrogen) atoms. The summed E-state index contributed by atoms with van der Waals surface area (Å²) in [4.78, 5) is 12.7. The monoisotopic (exact) mass is 392 g/mol. The van der Waals surface area contributed by atoms with E-state index in [0.29, 0.717) is 0 Å². The van der Waals surface area contributed by atoms with Crippen LogP contribution in [0.3, 0.4) is 0 Å². The number of H-pyrrole nitrogens is 1. The van der Waals surface area contributed by atoms with Crippen molar-refractivity contribution in [2.75, 3.05) is 11.5 Å². The molecule has 0 aliphatic carbocycles. The van der Waals surface area contributed by atoms with E-state index in [0.717, 1.165) is 51.2 Å². The third-order valence-corrected chi connectivity index (χ3v) is 4.98. The smallest absolute Gasteiger partial charge is 0.145 e. The lowest BCUT2D eigenvalue weighted by molar-refractivity contribution is 1.07. The molecule has 2 aromatic heterocycles. The first-order valence-corrected chi connectivity index (χ1v) is 9.59. The quantitative estimate of drug-likeness (QED) is 0.384. The van der Waals surface area contributed by atoms with Crippen LogP contribution in [0.1, 0.15) is 0 Å². The van der Waals surface area contributed by atoms with Gasteiger partial charge in [-0.15, -0.1) is 0 Å². The lowest BCUT2D eigenvalue weighted by Crippen LogP contribution is -2.00. The molecule has 5 N–H and O–H groups in total. The van der Waals surface area contributed by atoms with E-state index >= 15 is 0 Å². The third-order valence-electron chi connectivity index (χ3n) is 4.98. The van der Waals surface area contributed by atoms with Gasteiger partial charge in [-0.3, -0.25) is 4.57 Å². The average molecular weight is 392 g/mol. The summed E-state index contributed by atoms with van der Waals surface area (Å²) in [5, 5.41) is 0. The molecule has 0 amide bonds. The standard InChI is InChI=1S/C24H20N6/c25-18-10-6-16(7-11-18)23-27-14-21(29-23)22-15-28-24(17-8-12-19(26)13-9-17)30(22)20-4-2-1-3-5-20/h1-15H,25-26H2,(H,27,29). The van der Waals surface area contributed by atoms with Crippen molar-refractivity contribution in [3.63, 3.8) is 0 Å². The summed E-state index contributed by atoms with van der Waals surface area (Å²) in [5.41, 5.74) is 17.9. The highest BCUT2D eigenvalue weighted by molar-refractivity contribution is 5.70. The first-order chi connectivity index (χ1) is 14.7. The van der Waals surface area contributed by atoms with Crippen molar-refractivity contribution in [2.24, 2.45) is 0 Å². The molecule has 0 saturated heterocycles. The minimum Gasteiger partial charge on any atom is -0.399 e. The van der Waals surface area contributed by atoms with E-state index in [1.54, 1.807) is 0 Å². The maximum Gasteiger partial charge on any atom is 0.145 e. The largest absolute Gasteiger partial charge is 0.399 e. The predicted octanol–water partition coefficient (Wildman–Crippen LogP) is 4.76. The van der Waals surface area contributed by atoms with Gasteiger partial charge < -0.3 is 16.5 Å². The number of hydrogen-bond donors (Lipinski definition) is 3. The van der Waals surface area contributed by atoms with E-state index < -0.39 is 0 Å². The Labute approximate surface area is 173 Å². The Morgan fingerprint density at radius 2 is 1.30 bits per heavy atom. The van der Waals surface area contributed by atoms with E-state index in [1.807, 2.05) is 79.1 Å². The minimum absolute atomic E-state index is 0.721. The molecular formula is C24H20N6. The van der Waals surface area contributed by atoms with Gasteiger partial charge in [-0.1, -0.05) is 18.2 Å². The second-order valence-corrected chi connectivity index (χ2v) is 7.03. The van der Waals surface area contributed by atoms with E-state index in [9.17, 15) is 0 Å². The van der Waals surface area contributed by atoms with Crippen molar-refractivity contribution in [3.8, 4) is 39.9 Å². The molecule has 0 bridgehead atoms. The van der Waals surface area contributed by atoms with Crippen LogP contribution in [0.2, 0.25) is 0 Å². The number of aromatic nitrogens is 4. The van der Waals surface area contributed by atoms with Crippen LogP contribution < -0.4 is 11.5 Å². The molecule has 0 fully saturated rings. The number of nitrogens with two attached hydrogens (primary N) is 2. The van der Waals surface area contributed by atoms with Gasteiger partial charge in [0, 0.05) is 28.2 Å². The number of para-hydroxylation sites is 1. The van der Waals surface area contributed by atoms with Gasteiger partial charge >= 0.3 is 0 Å². The molecule has 6 heteroatoms. The number of hydrogen-bond acceptors (Lipinski definition) is 4. The molecule has 3 aromatic carbocycles. The number of nitrogens with one attached hydrogen (secondary N) is 1. The molecule has 6 nitrogen and oxygen atoms in total. The normalized spacial score (nSPS) is 10.9. The SMILES string of the molecule is Nc1ccc(-c2ncc(-c3cnc(-c4ccc(N)cc4)n3-c3ccccc3)[nH]2)cc1. The topological polar surface area (TPSA) is 98.5 Å². The van der Waals surface area contributed by atoms with Gasteiger partial charge in [-0.05, 0) is 60.7 Å². The Bertz CT molecular complexity index is 1280. The van der Waals surface area contributed by atoms with Crippen LogP contribution in [-0.4, -0.2) is 19.5 Å². The molecule has 0 aliphatic rings. The zero-order valence-corrected chi connectivity index (χ0v) is 16.2. The van der Waals surface area contributed by atoms with Crippen LogP contribution in [0.5, 0.6) is 0 Å². The predicted molar refractivity (Wildman–Crippen MR) is 121 cm³/mol. The molecule has 146 valence electrons. The maximum atomic E-state index is 5.87. The van der Waals surface area contributed by atoms with Crippen molar-refractivity contribution in [2.45, 2.75) is 0 Å². The Hall–Kier alpha value is -4.32. The molecule has 0 atom stereocenters. The molecule has 0 radical (unpaired) electrons. The number of benzene rings is 3. The summed E-state index contributed by atoms with van der Waals surface area (Å²) in [5.74, 6) is 1.61. The van der Waals surface area contributed by atoms with Crippen LogP contribution in [0.25, 0.3) is 39.9 Å². The summed E-state index contributed by atoms with van der Waals surface area (Å²) in [6, 6.07) is 25.5. The minimum atomic E-state index is 0.721. The van der Waals surface area contributed by atoms with Crippen LogP contribution >= 0.6 is 0 Å². The molecule has 0 spiro atoms. The molecule has 0 aliphatic heterocycles. The Kier molecular flexibility index (Phi) is 4.29. The van der Waals surface area contributed by atoms with Crippen LogP contribution in [0.4, 0.5) is 11.4 Å². The highest BCUT2D eigenvalue weighted by Gasteiger charge is 2.17. The summed E-state index contributed by atoms with van der Waals surface area (Å²) in [7, 11) is 0. The average Bonchev–Trinajstić information content (AvgIpc) is 3.43. The number of nitrogens with zero attached hydrogens (tertiary/aromatic N) is 3. The number of rotatable bonds is 4. The van der Waals surface area contributed by atoms with Crippen molar-refractivity contribution in [3.05, 3.63) is 91.3 Å². The zero-order valence-electron chi connectivity index (χ0n) is 16.2. The number of anilines is 2. The van der Waals surface area contributed by atoms with Crippen molar-refractivity contribution in [1.29, 1.82) is 0 Å². The second kappa shape index (κ2) is 7.25. The number of nitrogen functional groups attached to an aromatic ring is 2. The molecule has 0 saturated carbocycles.